The van der Waals surface area contributed by atoms with Gasteiger partial charge in [-0.25, -0.2) is 9.67 Å². The summed E-state index contributed by atoms with van der Waals surface area (Å²) in [5.41, 5.74) is 4.36. The summed E-state index contributed by atoms with van der Waals surface area (Å²) in [5.74, 6) is 0.657. The molecule has 0 spiro atoms. The molecule has 2 aromatic heterocycles. The molecule has 0 saturated heterocycles. The number of rotatable bonds is 2. The maximum absolute atomic E-state index is 14.0. The predicted octanol–water partition coefficient (Wildman–Crippen LogP) is 5.20. The van der Waals surface area contributed by atoms with Gasteiger partial charge in [-0.2, -0.15) is 5.10 Å². The maximum atomic E-state index is 14.0. The third-order valence-electron chi connectivity index (χ3n) is 5.72. The van der Waals surface area contributed by atoms with Crippen molar-refractivity contribution in [3.63, 3.8) is 0 Å². The van der Waals surface area contributed by atoms with Crippen LogP contribution in [0.3, 0.4) is 0 Å². The van der Waals surface area contributed by atoms with E-state index in [4.69, 9.17) is 14.8 Å². The zero-order chi connectivity index (χ0) is 22.5. The highest BCUT2D eigenvalue weighted by Crippen LogP contribution is 2.35. The molecule has 2 aromatic carbocycles. The molecule has 0 atom stereocenters. The molecule has 1 amide bonds. The van der Waals surface area contributed by atoms with Gasteiger partial charge in [-0.1, -0.05) is 42.5 Å². The molecule has 0 fully saturated rings. The second kappa shape index (κ2) is 7.48. The first-order valence-corrected chi connectivity index (χ1v) is 10.8. The lowest BCUT2D eigenvalue weighted by Crippen LogP contribution is -2.38. The number of carbonyl (C=O) groups is 1. The smallest absolute Gasteiger partial charge is 0.259 e. The quantitative estimate of drug-likeness (QED) is 0.442. The van der Waals surface area contributed by atoms with E-state index < -0.39 is 0 Å². The minimum Gasteiger partial charge on any atom is -0.490 e. The molecule has 0 radical (unpaired) electrons. The average Bonchev–Trinajstić information content (AvgIpc) is 3.15. The number of fused-ring (bicyclic) bond motifs is 2. The molecular weight excluding hydrogens is 400 g/mol. The van der Waals surface area contributed by atoms with Gasteiger partial charge in [0.05, 0.1) is 40.1 Å². The van der Waals surface area contributed by atoms with Crippen LogP contribution < -0.4 is 9.64 Å². The number of aryl methyl sites for hydroxylation is 1. The van der Waals surface area contributed by atoms with Crippen LogP contribution >= 0.6 is 0 Å². The SMILES string of the molecule is Cc1nn(C(C)(C)C)c2nc(-c3ccccc3)cc(C(=O)N3CCOc4ccccc43)c12. The number of benzene rings is 2. The topological polar surface area (TPSA) is 60.2 Å². The standard InChI is InChI=1S/C26H26N4O2/c1-17-23-19(25(31)29-14-15-32-22-13-9-8-12-21(22)29)16-20(18-10-6-5-7-11-18)27-24(23)30(28-17)26(2,3)4/h5-13,16H,14-15H2,1-4H3. The first kappa shape index (κ1) is 20.2. The average molecular weight is 427 g/mol. The lowest BCUT2D eigenvalue weighted by Gasteiger charge is -2.29. The Bertz CT molecular complexity index is 1320. The van der Waals surface area contributed by atoms with E-state index in [0.717, 1.165) is 39.4 Å². The fraction of sp³-hybridized carbons (Fsp3) is 0.269. The second-order valence-corrected chi connectivity index (χ2v) is 9.06. The number of anilines is 1. The molecule has 0 N–H and O–H groups in total. The van der Waals surface area contributed by atoms with Crippen molar-refractivity contribution in [2.24, 2.45) is 0 Å². The van der Waals surface area contributed by atoms with Crippen LogP contribution in [-0.2, 0) is 5.54 Å². The van der Waals surface area contributed by atoms with Crippen molar-refractivity contribution >= 4 is 22.6 Å². The van der Waals surface area contributed by atoms with Crippen LogP contribution in [0.5, 0.6) is 5.75 Å². The van der Waals surface area contributed by atoms with Crippen molar-refractivity contribution in [3.05, 3.63) is 71.9 Å². The molecular formula is C26H26N4O2. The van der Waals surface area contributed by atoms with E-state index in [2.05, 4.69) is 20.8 Å². The summed E-state index contributed by atoms with van der Waals surface area (Å²) in [6, 6.07) is 19.5. The Kier molecular flexibility index (Phi) is 4.73. The lowest BCUT2D eigenvalue weighted by molar-refractivity contribution is 0.0978. The lowest BCUT2D eigenvalue weighted by atomic mass is 10.0. The zero-order valence-electron chi connectivity index (χ0n) is 18.8. The molecule has 3 heterocycles. The Morgan fingerprint density at radius 3 is 2.50 bits per heavy atom. The summed E-state index contributed by atoms with van der Waals surface area (Å²) in [7, 11) is 0. The van der Waals surface area contributed by atoms with Gasteiger partial charge in [-0.15, -0.1) is 0 Å². The van der Waals surface area contributed by atoms with E-state index in [1.54, 1.807) is 4.90 Å². The summed E-state index contributed by atoms with van der Waals surface area (Å²) in [5, 5.41) is 5.59. The van der Waals surface area contributed by atoms with Gasteiger partial charge in [-0.3, -0.25) is 4.79 Å². The van der Waals surface area contributed by atoms with Gasteiger partial charge in [0.1, 0.15) is 12.4 Å². The van der Waals surface area contributed by atoms with E-state index >= 15 is 0 Å². The number of aromatic nitrogens is 3. The first-order valence-electron chi connectivity index (χ1n) is 10.8. The largest absolute Gasteiger partial charge is 0.490 e. The van der Waals surface area contributed by atoms with Crippen LogP contribution in [-0.4, -0.2) is 33.8 Å². The van der Waals surface area contributed by atoms with E-state index in [9.17, 15) is 4.79 Å². The van der Waals surface area contributed by atoms with Crippen LogP contribution in [0.1, 0.15) is 36.8 Å². The Hall–Kier alpha value is -3.67. The van der Waals surface area contributed by atoms with Crippen molar-refractivity contribution in [3.8, 4) is 17.0 Å². The molecule has 0 saturated carbocycles. The molecule has 0 unspecified atom stereocenters. The fourth-order valence-corrected chi connectivity index (χ4v) is 4.21. The Morgan fingerprint density at radius 1 is 1.03 bits per heavy atom. The number of para-hydroxylation sites is 2. The summed E-state index contributed by atoms with van der Waals surface area (Å²) < 4.78 is 7.69. The van der Waals surface area contributed by atoms with Crippen LogP contribution in [0.25, 0.3) is 22.3 Å². The van der Waals surface area contributed by atoms with Crippen molar-refractivity contribution in [2.45, 2.75) is 33.2 Å². The van der Waals surface area contributed by atoms with Gasteiger partial charge >= 0.3 is 0 Å². The number of carbonyl (C=O) groups excluding carboxylic acids is 1. The highest BCUT2D eigenvalue weighted by Gasteiger charge is 2.30. The van der Waals surface area contributed by atoms with Crippen LogP contribution in [0.4, 0.5) is 5.69 Å². The molecule has 1 aliphatic rings. The highest BCUT2D eigenvalue weighted by molar-refractivity contribution is 6.15. The van der Waals surface area contributed by atoms with Gasteiger partial charge in [0.2, 0.25) is 0 Å². The zero-order valence-corrected chi connectivity index (χ0v) is 18.8. The van der Waals surface area contributed by atoms with Gasteiger partial charge < -0.3 is 9.64 Å². The molecule has 0 bridgehead atoms. The third-order valence-corrected chi connectivity index (χ3v) is 5.72. The van der Waals surface area contributed by atoms with Gasteiger partial charge in [0.25, 0.3) is 5.91 Å². The van der Waals surface area contributed by atoms with Crippen molar-refractivity contribution in [1.82, 2.24) is 14.8 Å². The molecule has 0 aliphatic carbocycles. The first-order chi connectivity index (χ1) is 15.3. The molecule has 1 aliphatic heterocycles. The molecule has 5 rings (SSSR count). The highest BCUT2D eigenvalue weighted by atomic mass is 16.5. The molecule has 4 aromatic rings. The minimum absolute atomic E-state index is 0.0677. The Balaban J connectivity index is 1.75. The summed E-state index contributed by atoms with van der Waals surface area (Å²) in [4.78, 5) is 20.7. The Labute approximate surface area is 187 Å². The number of hydrogen-bond acceptors (Lipinski definition) is 4. The summed E-state index contributed by atoms with van der Waals surface area (Å²) in [6.07, 6.45) is 0. The van der Waals surface area contributed by atoms with Gasteiger partial charge in [0.15, 0.2) is 5.65 Å². The monoisotopic (exact) mass is 426 g/mol. The van der Waals surface area contributed by atoms with E-state index in [0.29, 0.717) is 18.7 Å². The molecule has 32 heavy (non-hydrogen) atoms. The fourth-order valence-electron chi connectivity index (χ4n) is 4.21. The summed E-state index contributed by atoms with van der Waals surface area (Å²) in [6.45, 7) is 9.18. The third kappa shape index (κ3) is 3.32. The van der Waals surface area contributed by atoms with Crippen LogP contribution in [0.15, 0.2) is 60.7 Å². The minimum atomic E-state index is -0.277. The number of pyridine rings is 1. The number of amides is 1. The predicted molar refractivity (Wildman–Crippen MR) is 126 cm³/mol. The summed E-state index contributed by atoms with van der Waals surface area (Å²) >= 11 is 0. The van der Waals surface area contributed by atoms with Crippen LogP contribution in [0.2, 0.25) is 0 Å². The maximum Gasteiger partial charge on any atom is 0.259 e. The normalized spacial score (nSPS) is 13.7. The van der Waals surface area contributed by atoms with E-state index in [-0.39, 0.29) is 11.4 Å². The Morgan fingerprint density at radius 2 is 1.75 bits per heavy atom. The molecule has 162 valence electrons. The van der Waals surface area contributed by atoms with Crippen molar-refractivity contribution in [2.75, 3.05) is 18.1 Å². The number of nitrogens with zero attached hydrogens (tertiary/aromatic N) is 4. The van der Waals surface area contributed by atoms with Crippen molar-refractivity contribution in [1.29, 1.82) is 0 Å². The van der Waals surface area contributed by atoms with Crippen molar-refractivity contribution < 1.29 is 9.53 Å². The molecule has 6 heteroatoms. The molecule has 6 nitrogen and oxygen atoms in total. The van der Waals surface area contributed by atoms with Gasteiger partial charge in [0, 0.05) is 5.56 Å². The van der Waals surface area contributed by atoms with E-state index in [1.165, 1.54) is 0 Å². The van der Waals surface area contributed by atoms with Gasteiger partial charge in [-0.05, 0) is 45.9 Å². The number of hydrogen-bond donors (Lipinski definition) is 0. The number of ether oxygens (including phenoxy) is 1. The van der Waals surface area contributed by atoms with Crippen LogP contribution in [0, 0.1) is 6.92 Å². The van der Waals surface area contributed by atoms with E-state index in [1.807, 2.05) is 72.3 Å². The second-order valence-electron chi connectivity index (χ2n) is 9.06.